The van der Waals surface area contributed by atoms with E-state index in [1.54, 1.807) is 0 Å². The number of carboxylic acid groups (broad SMARTS) is 1. The molecule has 0 heterocycles. The summed E-state index contributed by atoms with van der Waals surface area (Å²) in [7, 11) is -3.77. The van der Waals surface area contributed by atoms with Crippen LogP contribution in [0, 0.1) is 18.8 Å². The summed E-state index contributed by atoms with van der Waals surface area (Å²) in [5.74, 6) is -0.936. The molecule has 0 aliphatic heterocycles. The number of benzene rings is 1. The molecule has 1 aliphatic carbocycles. The predicted octanol–water partition coefficient (Wildman–Crippen LogP) is 1.33. The molecule has 0 saturated heterocycles. The van der Waals surface area contributed by atoms with Crippen molar-refractivity contribution in [2.75, 3.05) is 6.54 Å². The standard InChI is InChI=1S/C13H17NO5S/c1-7-3-9(7)6-14-20(18,19)12-5-10(13(16)17)11(15)4-8(12)2/h4-5,7,9,14-15H,3,6H2,1-2H3,(H,16,17). The van der Waals surface area contributed by atoms with E-state index >= 15 is 0 Å². The van der Waals surface area contributed by atoms with Crippen LogP contribution >= 0.6 is 0 Å². The van der Waals surface area contributed by atoms with E-state index in [2.05, 4.69) is 4.72 Å². The predicted molar refractivity (Wildman–Crippen MR) is 72.3 cm³/mol. The molecule has 110 valence electrons. The second-order valence-electron chi connectivity index (χ2n) is 5.26. The average Bonchev–Trinajstić information content (AvgIpc) is 3.02. The van der Waals surface area contributed by atoms with E-state index in [0.717, 1.165) is 18.6 Å². The van der Waals surface area contributed by atoms with Gasteiger partial charge in [-0.05, 0) is 42.9 Å². The smallest absolute Gasteiger partial charge is 0.339 e. The van der Waals surface area contributed by atoms with Crippen LogP contribution in [0.15, 0.2) is 17.0 Å². The van der Waals surface area contributed by atoms with Crippen molar-refractivity contribution in [3.05, 3.63) is 23.3 Å². The van der Waals surface area contributed by atoms with E-state index in [-0.39, 0.29) is 4.90 Å². The minimum atomic E-state index is -3.77. The van der Waals surface area contributed by atoms with E-state index in [4.69, 9.17) is 5.11 Å². The van der Waals surface area contributed by atoms with E-state index in [1.807, 2.05) is 6.92 Å². The van der Waals surface area contributed by atoms with E-state index in [9.17, 15) is 18.3 Å². The summed E-state index contributed by atoms with van der Waals surface area (Å²) in [4.78, 5) is 10.8. The fourth-order valence-electron chi connectivity index (χ4n) is 2.11. The van der Waals surface area contributed by atoms with Crippen LogP contribution in [0.5, 0.6) is 5.75 Å². The molecule has 0 amide bonds. The molecule has 1 saturated carbocycles. The summed E-state index contributed by atoms with van der Waals surface area (Å²) in [6, 6.07) is 2.14. The van der Waals surface area contributed by atoms with Crippen molar-refractivity contribution in [3.63, 3.8) is 0 Å². The summed E-state index contributed by atoms with van der Waals surface area (Å²) in [6.07, 6.45) is 0.997. The number of hydrogen-bond donors (Lipinski definition) is 3. The maximum absolute atomic E-state index is 12.2. The summed E-state index contributed by atoms with van der Waals surface area (Å²) >= 11 is 0. The maximum atomic E-state index is 12.2. The number of rotatable bonds is 5. The number of carboxylic acids is 1. The van der Waals surface area contributed by atoms with Crippen molar-refractivity contribution in [1.82, 2.24) is 4.72 Å². The second-order valence-corrected chi connectivity index (χ2v) is 7.00. The zero-order valence-electron chi connectivity index (χ0n) is 11.3. The molecule has 20 heavy (non-hydrogen) atoms. The lowest BCUT2D eigenvalue weighted by atomic mass is 10.1. The van der Waals surface area contributed by atoms with Crippen molar-refractivity contribution in [2.24, 2.45) is 11.8 Å². The van der Waals surface area contributed by atoms with Crippen LogP contribution in [-0.4, -0.2) is 31.1 Å². The molecule has 1 aromatic rings. The lowest BCUT2D eigenvalue weighted by Gasteiger charge is -2.11. The third kappa shape index (κ3) is 2.94. The number of aryl methyl sites for hydroxylation is 1. The number of hydrogen-bond acceptors (Lipinski definition) is 4. The van der Waals surface area contributed by atoms with Crippen LogP contribution < -0.4 is 4.72 Å². The Hall–Kier alpha value is -1.60. The Kier molecular flexibility index (Phi) is 3.75. The molecule has 0 aromatic heterocycles. The lowest BCUT2D eigenvalue weighted by molar-refractivity contribution is 0.0693. The Balaban J connectivity index is 2.30. The van der Waals surface area contributed by atoms with Gasteiger partial charge in [-0.2, -0.15) is 0 Å². The van der Waals surface area contributed by atoms with Gasteiger partial charge < -0.3 is 10.2 Å². The average molecular weight is 299 g/mol. The third-order valence-electron chi connectivity index (χ3n) is 3.62. The van der Waals surface area contributed by atoms with Gasteiger partial charge in [-0.3, -0.25) is 0 Å². The number of nitrogens with one attached hydrogen (secondary N) is 1. The summed E-state index contributed by atoms with van der Waals surface area (Å²) in [5, 5.41) is 18.5. The van der Waals surface area contributed by atoms with E-state index in [0.29, 0.717) is 23.9 Å². The number of aromatic carboxylic acids is 1. The van der Waals surface area contributed by atoms with Gasteiger partial charge in [-0.25, -0.2) is 17.9 Å². The molecule has 2 rings (SSSR count). The van der Waals surface area contributed by atoms with Gasteiger partial charge in [-0.1, -0.05) is 6.92 Å². The largest absolute Gasteiger partial charge is 0.507 e. The minimum Gasteiger partial charge on any atom is -0.507 e. The molecule has 1 fully saturated rings. The SMILES string of the molecule is Cc1cc(O)c(C(=O)O)cc1S(=O)(=O)NCC1CC1C. The number of sulfonamides is 1. The van der Waals surface area contributed by atoms with Crippen LogP contribution in [0.3, 0.4) is 0 Å². The zero-order valence-corrected chi connectivity index (χ0v) is 12.1. The highest BCUT2D eigenvalue weighted by atomic mass is 32.2. The fraction of sp³-hybridized carbons (Fsp3) is 0.462. The van der Waals surface area contributed by atoms with Crippen LogP contribution in [0.1, 0.15) is 29.3 Å². The summed E-state index contributed by atoms with van der Waals surface area (Å²) in [6.45, 7) is 3.92. The van der Waals surface area contributed by atoms with Crippen molar-refractivity contribution in [2.45, 2.75) is 25.2 Å². The molecule has 7 heteroatoms. The molecule has 1 aromatic carbocycles. The fourth-order valence-corrected chi connectivity index (χ4v) is 3.46. The van der Waals surface area contributed by atoms with Gasteiger partial charge in [0, 0.05) is 6.54 Å². The second kappa shape index (κ2) is 5.06. The first kappa shape index (κ1) is 14.8. The molecule has 2 unspecified atom stereocenters. The van der Waals surface area contributed by atoms with Crippen molar-refractivity contribution in [1.29, 1.82) is 0 Å². The topological polar surface area (TPSA) is 104 Å². The lowest BCUT2D eigenvalue weighted by Crippen LogP contribution is -2.27. The monoisotopic (exact) mass is 299 g/mol. The Morgan fingerprint density at radius 3 is 2.55 bits per heavy atom. The Labute approximate surface area is 117 Å². The van der Waals surface area contributed by atoms with Crippen molar-refractivity contribution >= 4 is 16.0 Å². The van der Waals surface area contributed by atoms with Gasteiger partial charge in [0.05, 0.1) is 4.90 Å². The van der Waals surface area contributed by atoms with E-state index < -0.39 is 27.3 Å². The molecular weight excluding hydrogens is 282 g/mol. The highest BCUT2D eigenvalue weighted by molar-refractivity contribution is 7.89. The first-order chi connectivity index (χ1) is 9.22. The van der Waals surface area contributed by atoms with Crippen molar-refractivity contribution < 1.29 is 23.4 Å². The zero-order chi connectivity index (χ0) is 15.1. The molecule has 2 atom stereocenters. The highest BCUT2D eigenvalue weighted by Gasteiger charge is 2.33. The van der Waals surface area contributed by atoms with Gasteiger partial charge >= 0.3 is 5.97 Å². The third-order valence-corrected chi connectivity index (χ3v) is 5.19. The van der Waals surface area contributed by atoms with E-state index in [1.165, 1.54) is 6.92 Å². The van der Waals surface area contributed by atoms with Crippen LogP contribution in [0.25, 0.3) is 0 Å². The Morgan fingerprint density at radius 2 is 2.05 bits per heavy atom. The molecular formula is C13H17NO5S. The first-order valence-corrected chi connectivity index (χ1v) is 7.77. The Morgan fingerprint density at radius 1 is 1.45 bits per heavy atom. The summed E-state index contributed by atoms with van der Waals surface area (Å²) < 4.78 is 26.9. The van der Waals surface area contributed by atoms with Gasteiger partial charge in [0.2, 0.25) is 10.0 Å². The van der Waals surface area contributed by atoms with Crippen LogP contribution in [0.2, 0.25) is 0 Å². The molecule has 0 radical (unpaired) electrons. The van der Waals surface area contributed by atoms with Gasteiger partial charge in [0.1, 0.15) is 11.3 Å². The first-order valence-electron chi connectivity index (χ1n) is 6.29. The maximum Gasteiger partial charge on any atom is 0.339 e. The molecule has 0 bridgehead atoms. The van der Waals surface area contributed by atoms with Gasteiger partial charge in [-0.15, -0.1) is 0 Å². The summed E-state index contributed by atoms with van der Waals surface area (Å²) in [5.41, 5.74) is -0.111. The minimum absolute atomic E-state index is 0.110. The number of carbonyl (C=O) groups is 1. The van der Waals surface area contributed by atoms with Crippen LogP contribution in [-0.2, 0) is 10.0 Å². The highest BCUT2D eigenvalue weighted by Crippen LogP contribution is 2.37. The molecule has 0 spiro atoms. The Bertz CT molecular complexity index is 653. The van der Waals surface area contributed by atoms with Crippen molar-refractivity contribution in [3.8, 4) is 5.75 Å². The normalized spacial score (nSPS) is 21.7. The molecule has 1 aliphatic rings. The quantitative estimate of drug-likeness (QED) is 0.761. The van der Waals surface area contributed by atoms with Crippen LogP contribution in [0.4, 0.5) is 0 Å². The van der Waals surface area contributed by atoms with Gasteiger partial charge in [0.25, 0.3) is 0 Å². The molecule has 3 N–H and O–H groups in total. The molecule has 6 nitrogen and oxygen atoms in total. The number of phenols is 1. The number of aromatic hydroxyl groups is 1. The van der Waals surface area contributed by atoms with Gasteiger partial charge in [0.15, 0.2) is 0 Å².